The zero-order valence-corrected chi connectivity index (χ0v) is 10.6. The van der Waals surface area contributed by atoms with Crippen molar-refractivity contribution in [3.05, 3.63) is 11.1 Å². The van der Waals surface area contributed by atoms with E-state index in [4.69, 9.17) is 4.74 Å². The quantitative estimate of drug-likeness (QED) is 0.688. The summed E-state index contributed by atoms with van der Waals surface area (Å²) in [6.07, 6.45) is 7.30. The number of esters is 1. The predicted molar refractivity (Wildman–Crippen MR) is 65.6 cm³/mol. The Morgan fingerprint density at radius 1 is 1.29 bits per heavy atom. The van der Waals surface area contributed by atoms with Gasteiger partial charge in [0.15, 0.2) is 0 Å². The summed E-state index contributed by atoms with van der Waals surface area (Å²) in [5.41, 5.74) is 2.45. The molecule has 0 radical (unpaired) electrons. The third-order valence-corrected chi connectivity index (χ3v) is 4.44. The first kappa shape index (κ1) is 11.3. The van der Waals surface area contributed by atoms with Crippen molar-refractivity contribution in [2.45, 2.75) is 57.5 Å². The third kappa shape index (κ3) is 1.71. The van der Waals surface area contributed by atoms with Gasteiger partial charge in [-0.3, -0.25) is 4.90 Å². The zero-order valence-electron chi connectivity index (χ0n) is 10.6. The zero-order chi connectivity index (χ0) is 11.8. The van der Waals surface area contributed by atoms with Crippen LogP contribution in [0, 0.1) is 0 Å². The Hall–Kier alpha value is -0.830. The van der Waals surface area contributed by atoms with Crippen LogP contribution in [0.1, 0.15) is 45.4 Å². The SMILES string of the molecule is CCOC(=O)C1=C2CCCC[C@H]2N2CCC[C@H]12. The maximum atomic E-state index is 12.1. The Kier molecular flexibility index (Phi) is 2.95. The molecule has 3 rings (SSSR count). The van der Waals surface area contributed by atoms with E-state index in [2.05, 4.69) is 4.90 Å². The van der Waals surface area contributed by atoms with Crippen molar-refractivity contribution in [2.24, 2.45) is 0 Å². The molecule has 0 N–H and O–H groups in total. The Morgan fingerprint density at radius 3 is 2.94 bits per heavy atom. The molecule has 3 aliphatic rings. The first-order chi connectivity index (χ1) is 8.33. The number of nitrogens with zero attached hydrogens (tertiary/aromatic N) is 1. The summed E-state index contributed by atoms with van der Waals surface area (Å²) in [6, 6.07) is 0.947. The maximum Gasteiger partial charge on any atom is 0.335 e. The lowest BCUT2D eigenvalue weighted by Crippen LogP contribution is -2.35. The molecule has 2 heterocycles. The first-order valence-electron chi connectivity index (χ1n) is 6.98. The lowest BCUT2D eigenvalue weighted by Gasteiger charge is -2.29. The second-order valence-electron chi connectivity index (χ2n) is 5.32. The molecule has 0 amide bonds. The Bertz CT molecular complexity index is 361. The molecule has 0 aromatic carbocycles. The molecule has 0 spiro atoms. The van der Waals surface area contributed by atoms with Gasteiger partial charge in [0.05, 0.1) is 12.2 Å². The summed E-state index contributed by atoms with van der Waals surface area (Å²) in [7, 11) is 0. The molecule has 1 saturated heterocycles. The third-order valence-electron chi connectivity index (χ3n) is 4.44. The fourth-order valence-corrected chi connectivity index (χ4v) is 3.84. The van der Waals surface area contributed by atoms with Crippen molar-refractivity contribution in [3.8, 4) is 0 Å². The smallest absolute Gasteiger partial charge is 0.335 e. The van der Waals surface area contributed by atoms with E-state index in [0.717, 1.165) is 18.4 Å². The second-order valence-corrected chi connectivity index (χ2v) is 5.32. The molecule has 1 saturated carbocycles. The van der Waals surface area contributed by atoms with Crippen LogP contribution in [0.15, 0.2) is 11.1 Å². The van der Waals surface area contributed by atoms with Crippen molar-refractivity contribution in [2.75, 3.05) is 13.2 Å². The number of carbonyl (C=O) groups is 1. The molecular formula is C14H21NO2. The van der Waals surface area contributed by atoms with Crippen LogP contribution in [0.25, 0.3) is 0 Å². The van der Waals surface area contributed by atoms with Gasteiger partial charge in [0.2, 0.25) is 0 Å². The number of hydrogen-bond donors (Lipinski definition) is 0. The summed E-state index contributed by atoms with van der Waals surface area (Å²) >= 11 is 0. The van der Waals surface area contributed by atoms with Crippen LogP contribution in [0.3, 0.4) is 0 Å². The number of ether oxygens (including phenoxy) is 1. The minimum atomic E-state index is -0.0381. The lowest BCUT2D eigenvalue weighted by atomic mass is 9.88. The number of rotatable bonds is 2. The summed E-state index contributed by atoms with van der Waals surface area (Å²) in [5, 5.41) is 0. The number of carbonyl (C=O) groups excluding carboxylic acids is 1. The van der Waals surface area contributed by atoms with Crippen LogP contribution < -0.4 is 0 Å². The van der Waals surface area contributed by atoms with Crippen molar-refractivity contribution in [3.63, 3.8) is 0 Å². The highest BCUT2D eigenvalue weighted by Gasteiger charge is 2.46. The minimum Gasteiger partial charge on any atom is -0.463 e. The van der Waals surface area contributed by atoms with Crippen molar-refractivity contribution >= 4 is 5.97 Å². The van der Waals surface area contributed by atoms with Gasteiger partial charge in [-0.25, -0.2) is 4.79 Å². The molecule has 17 heavy (non-hydrogen) atoms. The van der Waals surface area contributed by atoms with Gasteiger partial charge < -0.3 is 4.74 Å². The van der Waals surface area contributed by atoms with Crippen LogP contribution in [-0.4, -0.2) is 36.1 Å². The lowest BCUT2D eigenvalue weighted by molar-refractivity contribution is -0.139. The molecule has 2 aliphatic heterocycles. The van der Waals surface area contributed by atoms with Crippen molar-refractivity contribution < 1.29 is 9.53 Å². The van der Waals surface area contributed by atoms with E-state index < -0.39 is 0 Å². The second kappa shape index (κ2) is 4.45. The number of hydrogen-bond acceptors (Lipinski definition) is 3. The van der Waals surface area contributed by atoms with Crippen molar-refractivity contribution in [1.82, 2.24) is 4.90 Å². The molecule has 3 heteroatoms. The molecule has 0 aromatic heterocycles. The highest BCUT2D eigenvalue weighted by Crippen LogP contribution is 2.43. The molecule has 0 aromatic rings. The van der Waals surface area contributed by atoms with E-state index in [1.807, 2.05) is 6.92 Å². The highest BCUT2D eigenvalue weighted by atomic mass is 16.5. The van der Waals surface area contributed by atoms with Gasteiger partial charge >= 0.3 is 5.97 Å². The van der Waals surface area contributed by atoms with E-state index in [1.165, 1.54) is 37.8 Å². The highest BCUT2D eigenvalue weighted by molar-refractivity contribution is 5.92. The molecule has 3 nitrogen and oxygen atoms in total. The van der Waals surface area contributed by atoms with E-state index in [0.29, 0.717) is 18.7 Å². The van der Waals surface area contributed by atoms with Crippen LogP contribution >= 0.6 is 0 Å². The maximum absolute atomic E-state index is 12.1. The molecule has 0 unspecified atom stereocenters. The average molecular weight is 235 g/mol. The molecule has 2 fully saturated rings. The largest absolute Gasteiger partial charge is 0.463 e. The minimum absolute atomic E-state index is 0.0381. The van der Waals surface area contributed by atoms with Crippen molar-refractivity contribution in [1.29, 1.82) is 0 Å². The normalized spacial score (nSPS) is 32.5. The van der Waals surface area contributed by atoms with Gasteiger partial charge in [-0.15, -0.1) is 0 Å². The van der Waals surface area contributed by atoms with Gasteiger partial charge in [-0.1, -0.05) is 6.42 Å². The monoisotopic (exact) mass is 235 g/mol. The Balaban J connectivity index is 1.93. The van der Waals surface area contributed by atoms with Crippen LogP contribution in [0.4, 0.5) is 0 Å². The van der Waals surface area contributed by atoms with E-state index >= 15 is 0 Å². The predicted octanol–water partition coefficient (Wildman–Crippen LogP) is 2.27. The molecule has 1 aliphatic carbocycles. The Morgan fingerprint density at radius 2 is 2.12 bits per heavy atom. The topological polar surface area (TPSA) is 29.5 Å². The van der Waals surface area contributed by atoms with E-state index in [1.54, 1.807) is 0 Å². The summed E-state index contributed by atoms with van der Waals surface area (Å²) in [4.78, 5) is 14.7. The Labute approximate surface area is 103 Å². The molecule has 94 valence electrons. The van der Waals surface area contributed by atoms with Gasteiger partial charge in [-0.2, -0.15) is 0 Å². The fourth-order valence-electron chi connectivity index (χ4n) is 3.84. The summed E-state index contributed by atoms with van der Waals surface area (Å²) in [5.74, 6) is -0.0381. The summed E-state index contributed by atoms with van der Waals surface area (Å²) < 4.78 is 5.26. The van der Waals surface area contributed by atoms with Crippen LogP contribution in [0.5, 0.6) is 0 Å². The molecule has 2 atom stereocenters. The summed E-state index contributed by atoms with van der Waals surface area (Å²) in [6.45, 7) is 3.55. The molecular weight excluding hydrogens is 214 g/mol. The van der Waals surface area contributed by atoms with Gasteiger partial charge in [0, 0.05) is 12.1 Å². The fraction of sp³-hybridized carbons (Fsp3) is 0.786. The van der Waals surface area contributed by atoms with Crippen LogP contribution in [-0.2, 0) is 9.53 Å². The first-order valence-corrected chi connectivity index (χ1v) is 6.98. The average Bonchev–Trinajstić information content (AvgIpc) is 2.88. The van der Waals surface area contributed by atoms with Gasteiger partial charge in [0.1, 0.15) is 0 Å². The van der Waals surface area contributed by atoms with Gasteiger partial charge in [0.25, 0.3) is 0 Å². The van der Waals surface area contributed by atoms with Crippen LogP contribution in [0.2, 0.25) is 0 Å². The standard InChI is InChI=1S/C14H21NO2/c1-2-17-14(16)13-10-6-3-4-7-11(10)15-9-5-8-12(13)15/h11-12H,2-9H2,1H3/t11-,12-/m1/s1. The van der Waals surface area contributed by atoms with E-state index in [9.17, 15) is 4.79 Å². The molecule has 0 bridgehead atoms. The van der Waals surface area contributed by atoms with Gasteiger partial charge in [-0.05, 0) is 51.1 Å². The number of fused-ring (bicyclic) bond motifs is 3. The van der Waals surface area contributed by atoms with E-state index in [-0.39, 0.29) is 5.97 Å².